The van der Waals surface area contributed by atoms with E-state index in [1.807, 2.05) is 0 Å². The van der Waals surface area contributed by atoms with Crippen LogP contribution in [-0.4, -0.2) is 0 Å². The highest BCUT2D eigenvalue weighted by molar-refractivity contribution is 7.15. The summed E-state index contributed by atoms with van der Waals surface area (Å²) in [4.78, 5) is 0. The van der Waals surface area contributed by atoms with E-state index < -0.39 is 0 Å². The Kier molecular flexibility index (Phi) is 2.33. The van der Waals surface area contributed by atoms with Crippen molar-refractivity contribution in [2.45, 2.75) is 13.1 Å². The van der Waals surface area contributed by atoms with Crippen molar-refractivity contribution in [1.82, 2.24) is 0 Å². The van der Waals surface area contributed by atoms with Gasteiger partial charge in [-0.2, -0.15) is 0 Å². The van der Waals surface area contributed by atoms with Gasteiger partial charge in [0.2, 0.25) is 0 Å². The molecular formula is C12H13P. The van der Waals surface area contributed by atoms with E-state index in [0.29, 0.717) is 0 Å². The molecule has 0 spiro atoms. The Balaban J connectivity index is 2.66. The Bertz CT molecular complexity index is 432. The molecule has 0 saturated carbocycles. The van der Waals surface area contributed by atoms with Crippen LogP contribution in [0.25, 0.3) is 10.8 Å². The minimum atomic E-state index is 1.03. The zero-order chi connectivity index (χ0) is 9.26. The summed E-state index contributed by atoms with van der Waals surface area (Å²) in [6.07, 6.45) is 1.03. The Hall–Kier alpha value is -0.870. The van der Waals surface area contributed by atoms with Gasteiger partial charge in [-0.3, -0.25) is 0 Å². The Morgan fingerprint density at radius 3 is 2.46 bits per heavy atom. The average Bonchev–Trinajstić information content (AvgIpc) is 2.17. The molecule has 0 nitrogen and oxygen atoms in total. The van der Waals surface area contributed by atoms with Gasteiger partial charge in [0, 0.05) is 0 Å². The molecule has 1 atom stereocenters. The number of fused-ring (bicyclic) bond motifs is 1. The maximum absolute atomic E-state index is 2.75. The van der Waals surface area contributed by atoms with E-state index in [1.165, 1.54) is 21.9 Å². The van der Waals surface area contributed by atoms with Gasteiger partial charge in [-0.15, -0.1) is 9.24 Å². The number of benzene rings is 2. The van der Waals surface area contributed by atoms with Crippen molar-refractivity contribution in [1.29, 1.82) is 0 Å². The Morgan fingerprint density at radius 2 is 1.69 bits per heavy atom. The van der Waals surface area contributed by atoms with Crippen LogP contribution in [-0.2, 0) is 6.16 Å². The lowest BCUT2D eigenvalue weighted by molar-refractivity contribution is 1.43. The molecule has 0 heterocycles. The Morgan fingerprint density at radius 1 is 1.00 bits per heavy atom. The summed E-state index contributed by atoms with van der Waals surface area (Å²) in [5.41, 5.74) is 2.70. The van der Waals surface area contributed by atoms with Gasteiger partial charge in [-0.25, -0.2) is 0 Å². The van der Waals surface area contributed by atoms with Gasteiger partial charge in [-0.05, 0) is 29.4 Å². The lowest BCUT2D eigenvalue weighted by Crippen LogP contribution is -1.79. The second kappa shape index (κ2) is 3.47. The van der Waals surface area contributed by atoms with Gasteiger partial charge in [0.15, 0.2) is 0 Å². The standard InChI is InChI=1S/C12H13P/c1-9-2-4-12-7-10(8-13)3-5-11(12)6-9/h2-7H,8,13H2,1H3. The molecule has 0 amide bonds. The summed E-state index contributed by atoms with van der Waals surface area (Å²) in [7, 11) is 2.75. The first kappa shape index (κ1) is 8.72. The molecule has 0 bridgehead atoms. The second-order valence-corrected chi connectivity index (χ2v) is 3.80. The van der Waals surface area contributed by atoms with E-state index in [1.54, 1.807) is 0 Å². The quantitative estimate of drug-likeness (QED) is 0.600. The fraction of sp³-hybridized carbons (Fsp3) is 0.167. The molecule has 0 aliphatic heterocycles. The third kappa shape index (κ3) is 1.73. The van der Waals surface area contributed by atoms with Crippen LogP contribution in [0.3, 0.4) is 0 Å². The number of hydrogen-bond acceptors (Lipinski definition) is 0. The topological polar surface area (TPSA) is 0 Å². The summed E-state index contributed by atoms with van der Waals surface area (Å²) < 4.78 is 0. The summed E-state index contributed by atoms with van der Waals surface area (Å²) in [5, 5.41) is 2.67. The lowest BCUT2D eigenvalue weighted by atomic mass is 10.1. The normalized spacial score (nSPS) is 10.6. The summed E-state index contributed by atoms with van der Waals surface area (Å²) in [6.45, 7) is 2.13. The number of rotatable bonds is 1. The van der Waals surface area contributed by atoms with Crippen molar-refractivity contribution in [2.24, 2.45) is 0 Å². The first-order valence-electron chi connectivity index (χ1n) is 4.49. The molecule has 0 aliphatic carbocycles. The molecule has 2 rings (SSSR count). The summed E-state index contributed by atoms with van der Waals surface area (Å²) >= 11 is 0. The van der Waals surface area contributed by atoms with Crippen LogP contribution in [0.5, 0.6) is 0 Å². The molecule has 13 heavy (non-hydrogen) atoms. The van der Waals surface area contributed by atoms with Crippen molar-refractivity contribution in [3.8, 4) is 0 Å². The van der Waals surface area contributed by atoms with Gasteiger partial charge in [0.25, 0.3) is 0 Å². The third-order valence-electron chi connectivity index (χ3n) is 2.30. The molecule has 2 aromatic rings. The molecule has 66 valence electrons. The number of aryl methyl sites for hydroxylation is 1. The monoisotopic (exact) mass is 188 g/mol. The van der Waals surface area contributed by atoms with E-state index in [9.17, 15) is 0 Å². The molecule has 0 N–H and O–H groups in total. The van der Waals surface area contributed by atoms with Crippen LogP contribution in [0.1, 0.15) is 11.1 Å². The van der Waals surface area contributed by atoms with Crippen LogP contribution in [0, 0.1) is 6.92 Å². The highest BCUT2D eigenvalue weighted by Gasteiger charge is 1.94. The SMILES string of the molecule is Cc1ccc2cc(CP)ccc2c1. The van der Waals surface area contributed by atoms with Crippen molar-refractivity contribution < 1.29 is 0 Å². The minimum Gasteiger partial charge on any atom is -0.133 e. The average molecular weight is 188 g/mol. The smallest absolute Gasteiger partial charge is 0.0128 e. The maximum Gasteiger partial charge on any atom is -0.0128 e. The third-order valence-corrected chi connectivity index (χ3v) is 2.77. The molecule has 1 heteroatoms. The zero-order valence-corrected chi connectivity index (χ0v) is 8.90. The molecule has 2 aromatic carbocycles. The van der Waals surface area contributed by atoms with Crippen molar-refractivity contribution >= 4 is 20.0 Å². The largest absolute Gasteiger partial charge is 0.133 e. The first-order chi connectivity index (χ1) is 6.29. The Labute approximate surface area is 81.2 Å². The predicted molar refractivity (Wildman–Crippen MR) is 62.1 cm³/mol. The van der Waals surface area contributed by atoms with Gasteiger partial charge >= 0.3 is 0 Å². The molecule has 0 aliphatic rings. The fourth-order valence-corrected chi connectivity index (χ4v) is 1.80. The summed E-state index contributed by atoms with van der Waals surface area (Å²) in [6, 6.07) is 13.2. The van der Waals surface area contributed by atoms with Crippen LogP contribution >= 0.6 is 9.24 Å². The van der Waals surface area contributed by atoms with Crippen molar-refractivity contribution in [2.75, 3.05) is 0 Å². The van der Waals surface area contributed by atoms with E-state index in [2.05, 4.69) is 52.6 Å². The zero-order valence-electron chi connectivity index (χ0n) is 7.75. The number of hydrogen-bond donors (Lipinski definition) is 0. The van der Waals surface area contributed by atoms with Gasteiger partial charge in [-0.1, -0.05) is 42.0 Å². The van der Waals surface area contributed by atoms with Gasteiger partial charge in [0.05, 0.1) is 0 Å². The fourth-order valence-electron chi connectivity index (χ4n) is 1.54. The van der Waals surface area contributed by atoms with Crippen LogP contribution in [0.4, 0.5) is 0 Å². The van der Waals surface area contributed by atoms with Crippen LogP contribution in [0.2, 0.25) is 0 Å². The molecule has 0 saturated heterocycles. The van der Waals surface area contributed by atoms with Crippen LogP contribution < -0.4 is 0 Å². The highest BCUT2D eigenvalue weighted by atomic mass is 31.0. The van der Waals surface area contributed by atoms with E-state index >= 15 is 0 Å². The highest BCUT2D eigenvalue weighted by Crippen LogP contribution is 2.18. The maximum atomic E-state index is 2.75. The predicted octanol–water partition coefficient (Wildman–Crippen LogP) is 3.52. The van der Waals surface area contributed by atoms with E-state index in [-0.39, 0.29) is 0 Å². The summed E-state index contributed by atoms with van der Waals surface area (Å²) in [5.74, 6) is 0. The first-order valence-corrected chi connectivity index (χ1v) is 5.30. The molecular weight excluding hydrogens is 175 g/mol. The van der Waals surface area contributed by atoms with E-state index in [0.717, 1.165) is 6.16 Å². The minimum absolute atomic E-state index is 1.03. The molecule has 0 radical (unpaired) electrons. The van der Waals surface area contributed by atoms with Gasteiger partial charge in [0.1, 0.15) is 0 Å². The van der Waals surface area contributed by atoms with Crippen molar-refractivity contribution in [3.05, 3.63) is 47.5 Å². The molecule has 0 aromatic heterocycles. The van der Waals surface area contributed by atoms with Gasteiger partial charge < -0.3 is 0 Å². The van der Waals surface area contributed by atoms with Crippen LogP contribution in [0.15, 0.2) is 36.4 Å². The van der Waals surface area contributed by atoms with Crippen molar-refractivity contribution in [3.63, 3.8) is 0 Å². The second-order valence-electron chi connectivity index (χ2n) is 3.39. The van der Waals surface area contributed by atoms with E-state index in [4.69, 9.17) is 0 Å². The molecule has 0 fully saturated rings. The lowest BCUT2D eigenvalue weighted by Gasteiger charge is -2.01. The molecule has 1 unspecified atom stereocenters.